The van der Waals surface area contributed by atoms with Gasteiger partial charge in [-0.3, -0.25) is 0 Å². The number of aromatic nitrogens is 4. The minimum atomic E-state index is 0.314. The van der Waals surface area contributed by atoms with Gasteiger partial charge in [-0.05, 0) is 0 Å². The summed E-state index contributed by atoms with van der Waals surface area (Å²) < 4.78 is 0.536. The lowest BCUT2D eigenvalue weighted by Crippen LogP contribution is -1.98. The smallest absolute Gasteiger partial charge is 0.145 e. The van der Waals surface area contributed by atoms with E-state index in [-0.39, 0.29) is 0 Å². The maximum atomic E-state index is 5.05. The van der Waals surface area contributed by atoms with E-state index >= 15 is 0 Å². The second kappa shape index (κ2) is 3.42. The van der Waals surface area contributed by atoms with Crippen LogP contribution in [0.4, 0.5) is 0 Å². The third-order valence-corrected chi connectivity index (χ3v) is 2.26. The van der Waals surface area contributed by atoms with Crippen molar-refractivity contribution >= 4 is 23.3 Å². The van der Waals surface area contributed by atoms with Crippen molar-refractivity contribution in [2.75, 3.05) is 0 Å². The molecule has 2 rings (SSSR count). The Hall–Kier alpha value is -1.36. The number of rotatable bonds is 1. The molecule has 5 heteroatoms. The van der Waals surface area contributed by atoms with Crippen LogP contribution in [0.3, 0.4) is 0 Å². The average Bonchev–Trinajstić information content (AvgIpc) is 2.17. The number of fused-ring (bicyclic) bond motifs is 1. The summed E-state index contributed by atoms with van der Waals surface area (Å²) >= 11 is 5.05. The van der Waals surface area contributed by atoms with Crippen LogP contribution in [0.1, 0.15) is 25.6 Å². The Balaban J connectivity index is 2.74. The third kappa shape index (κ3) is 1.50. The van der Waals surface area contributed by atoms with Gasteiger partial charge in [-0.1, -0.05) is 26.1 Å². The predicted molar refractivity (Wildman–Crippen MR) is 56.6 cm³/mol. The van der Waals surface area contributed by atoms with E-state index in [0.717, 1.165) is 16.9 Å². The molecule has 0 spiro atoms. The van der Waals surface area contributed by atoms with E-state index in [1.54, 1.807) is 12.5 Å². The van der Waals surface area contributed by atoms with Gasteiger partial charge in [-0.15, -0.1) is 0 Å². The zero-order chi connectivity index (χ0) is 10.1. The molecule has 0 unspecified atom stereocenters. The highest BCUT2D eigenvalue weighted by atomic mass is 32.1. The molecule has 2 aromatic heterocycles. The molecule has 0 atom stereocenters. The van der Waals surface area contributed by atoms with Gasteiger partial charge in [0, 0.05) is 12.1 Å². The van der Waals surface area contributed by atoms with Gasteiger partial charge in [-0.25, -0.2) is 15.0 Å². The Morgan fingerprint density at radius 1 is 1.36 bits per heavy atom. The van der Waals surface area contributed by atoms with Crippen LogP contribution >= 0.6 is 12.2 Å². The molecule has 2 aromatic rings. The number of nitrogens with zero attached hydrogens (tertiary/aromatic N) is 3. The van der Waals surface area contributed by atoms with Gasteiger partial charge in [-0.2, -0.15) is 0 Å². The minimum Gasteiger partial charge on any atom is -0.330 e. The Morgan fingerprint density at radius 2 is 2.14 bits per heavy atom. The lowest BCUT2D eigenvalue weighted by atomic mass is 10.2. The highest BCUT2D eigenvalue weighted by molar-refractivity contribution is 7.71. The van der Waals surface area contributed by atoms with Crippen LogP contribution in [0.2, 0.25) is 0 Å². The molecule has 4 nitrogen and oxygen atoms in total. The summed E-state index contributed by atoms with van der Waals surface area (Å²) in [6.45, 7) is 4.11. The number of H-pyrrole nitrogens is 1. The molecule has 0 radical (unpaired) electrons. The first kappa shape index (κ1) is 9.21. The largest absolute Gasteiger partial charge is 0.330 e. The Kier molecular flexibility index (Phi) is 2.25. The van der Waals surface area contributed by atoms with E-state index < -0.39 is 0 Å². The summed E-state index contributed by atoms with van der Waals surface area (Å²) in [6.07, 6.45) is 3.28. The molecule has 0 saturated carbocycles. The average molecular weight is 206 g/mol. The van der Waals surface area contributed by atoms with E-state index in [1.165, 1.54) is 0 Å². The quantitative estimate of drug-likeness (QED) is 0.727. The number of nitrogens with one attached hydrogen (secondary N) is 1. The fourth-order valence-electron chi connectivity index (χ4n) is 1.16. The Morgan fingerprint density at radius 3 is 2.86 bits per heavy atom. The third-order valence-electron chi connectivity index (χ3n) is 1.94. The van der Waals surface area contributed by atoms with Crippen molar-refractivity contribution in [1.82, 2.24) is 19.9 Å². The molecule has 0 aliphatic carbocycles. The molecule has 0 aromatic carbocycles. The molecular formula is C9H10N4S. The summed E-state index contributed by atoms with van der Waals surface area (Å²) in [5, 5.41) is 0.798. The number of hydrogen-bond donors (Lipinski definition) is 1. The lowest BCUT2D eigenvalue weighted by molar-refractivity contribution is 0.780. The summed E-state index contributed by atoms with van der Waals surface area (Å²) in [7, 11) is 0. The molecule has 14 heavy (non-hydrogen) atoms. The second-order valence-electron chi connectivity index (χ2n) is 3.35. The molecule has 2 heterocycles. The molecule has 0 amide bonds. The van der Waals surface area contributed by atoms with Crippen LogP contribution < -0.4 is 0 Å². The maximum Gasteiger partial charge on any atom is 0.145 e. The first-order chi connectivity index (χ1) is 6.68. The number of hydrogen-bond acceptors (Lipinski definition) is 4. The Bertz CT molecular complexity index is 517. The van der Waals surface area contributed by atoms with Gasteiger partial charge in [0.2, 0.25) is 0 Å². The van der Waals surface area contributed by atoms with Crippen LogP contribution in [0.5, 0.6) is 0 Å². The van der Waals surface area contributed by atoms with E-state index in [2.05, 4.69) is 33.8 Å². The molecule has 72 valence electrons. The van der Waals surface area contributed by atoms with Gasteiger partial charge in [0.15, 0.2) is 0 Å². The van der Waals surface area contributed by atoms with Crippen molar-refractivity contribution in [2.45, 2.75) is 19.8 Å². The molecule has 1 N–H and O–H groups in total. The van der Waals surface area contributed by atoms with Gasteiger partial charge in [0.25, 0.3) is 0 Å². The fourth-order valence-corrected chi connectivity index (χ4v) is 1.36. The number of aromatic amines is 1. The van der Waals surface area contributed by atoms with Crippen molar-refractivity contribution in [3.8, 4) is 0 Å². The fraction of sp³-hybridized carbons (Fsp3) is 0.333. The van der Waals surface area contributed by atoms with E-state index in [1.807, 2.05) is 0 Å². The first-order valence-corrected chi connectivity index (χ1v) is 4.79. The van der Waals surface area contributed by atoms with Crippen molar-refractivity contribution in [2.24, 2.45) is 0 Å². The summed E-state index contributed by atoms with van der Waals surface area (Å²) in [4.78, 5) is 15.5. The highest BCUT2D eigenvalue weighted by Crippen LogP contribution is 2.12. The Labute approximate surface area is 86.4 Å². The first-order valence-electron chi connectivity index (χ1n) is 4.39. The molecule has 0 fully saturated rings. The maximum absolute atomic E-state index is 5.05. The topological polar surface area (TPSA) is 54.5 Å². The molecule has 0 bridgehead atoms. The zero-order valence-corrected chi connectivity index (χ0v) is 8.80. The predicted octanol–water partition coefficient (Wildman–Crippen LogP) is 2.21. The summed E-state index contributed by atoms with van der Waals surface area (Å²) in [5.74, 6) is 1.13. The lowest BCUT2D eigenvalue weighted by Gasteiger charge is -2.03. The van der Waals surface area contributed by atoms with Crippen LogP contribution in [-0.4, -0.2) is 19.9 Å². The van der Waals surface area contributed by atoms with E-state index in [9.17, 15) is 0 Å². The van der Waals surface area contributed by atoms with Gasteiger partial charge in [0.1, 0.15) is 16.1 Å². The van der Waals surface area contributed by atoms with Crippen LogP contribution in [-0.2, 0) is 0 Å². The summed E-state index contributed by atoms with van der Waals surface area (Å²) in [5.41, 5.74) is 0.753. The van der Waals surface area contributed by atoms with Gasteiger partial charge >= 0.3 is 0 Å². The normalized spacial score (nSPS) is 11.1. The van der Waals surface area contributed by atoms with E-state index in [0.29, 0.717) is 10.6 Å². The van der Waals surface area contributed by atoms with Crippen molar-refractivity contribution < 1.29 is 0 Å². The van der Waals surface area contributed by atoms with Crippen LogP contribution in [0.15, 0.2) is 12.5 Å². The SMILES string of the molecule is CC(C)c1ncc2c(=S)nc[nH]c2n1. The second-order valence-corrected chi connectivity index (χ2v) is 3.74. The minimum absolute atomic E-state index is 0.314. The standard InChI is InChI=1S/C9H10N4S/c1-5(2)7-10-3-6-8(13-7)11-4-12-9(6)14/h3-5H,1-2H3,(H,10,11,12,13,14). The van der Waals surface area contributed by atoms with Crippen LogP contribution in [0, 0.1) is 4.64 Å². The zero-order valence-electron chi connectivity index (χ0n) is 7.98. The van der Waals surface area contributed by atoms with Gasteiger partial charge < -0.3 is 4.98 Å². The van der Waals surface area contributed by atoms with Crippen molar-refractivity contribution in [1.29, 1.82) is 0 Å². The van der Waals surface area contributed by atoms with Crippen molar-refractivity contribution in [3.63, 3.8) is 0 Å². The molecular weight excluding hydrogens is 196 g/mol. The molecule has 0 aliphatic rings. The summed E-state index contributed by atoms with van der Waals surface area (Å²) in [6, 6.07) is 0. The monoisotopic (exact) mass is 206 g/mol. The van der Waals surface area contributed by atoms with Gasteiger partial charge in [0.05, 0.1) is 11.7 Å². The molecule has 0 aliphatic heterocycles. The highest BCUT2D eigenvalue weighted by Gasteiger charge is 2.04. The van der Waals surface area contributed by atoms with Crippen molar-refractivity contribution in [3.05, 3.63) is 23.0 Å². The van der Waals surface area contributed by atoms with E-state index in [4.69, 9.17) is 12.2 Å². The molecule has 0 saturated heterocycles. The van der Waals surface area contributed by atoms with Crippen LogP contribution in [0.25, 0.3) is 11.0 Å².